The molecule has 0 bridgehead atoms. The van der Waals surface area contributed by atoms with Crippen molar-refractivity contribution in [3.05, 3.63) is 30.1 Å². The third-order valence-corrected chi connectivity index (χ3v) is 4.43. The highest BCUT2D eigenvalue weighted by molar-refractivity contribution is 7.99. The molecule has 142 valence electrons. The van der Waals surface area contributed by atoms with Crippen LogP contribution in [0.1, 0.15) is 0 Å². The first-order chi connectivity index (χ1) is 12.9. The zero-order chi connectivity index (χ0) is 19.6. The quantitative estimate of drug-likeness (QED) is 0.634. The molecule has 27 heavy (non-hydrogen) atoms. The van der Waals surface area contributed by atoms with Crippen LogP contribution in [-0.4, -0.2) is 64.4 Å². The minimum Gasteiger partial charge on any atom is -0.348 e. The number of fused-ring (bicyclic) bond motifs is 1. The second-order valence-corrected chi connectivity index (χ2v) is 6.99. The Balaban J connectivity index is 1.81. The van der Waals surface area contributed by atoms with Gasteiger partial charge in [0.15, 0.2) is 5.16 Å². The molecule has 1 N–H and O–H groups in total. The van der Waals surface area contributed by atoms with E-state index in [-0.39, 0.29) is 17.3 Å². The number of thioether (sulfide) groups is 1. The topological polar surface area (TPSA) is 91.6 Å². The van der Waals surface area contributed by atoms with E-state index in [1.54, 1.807) is 21.4 Å². The lowest BCUT2D eigenvalue weighted by atomic mass is 10.3. The van der Waals surface area contributed by atoms with E-state index >= 15 is 0 Å². The average molecular weight is 390 g/mol. The number of hydrogen-bond donors (Lipinski definition) is 1. The van der Waals surface area contributed by atoms with E-state index in [4.69, 9.17) is 0 Å². The highest BCUT2D eigenvalue weighted by Gasteiger charge is 2.18. The predicted octanol–water partition coefficient (Wildman–Crippen LogP) is 1.52. The summed E-state index contributed by atoms with van der Waals surface area (Å²) < 4.78 is 15.3. The molecule has 2 aromatic heterocycles. The predicted molar refractivity (Wildman–Crippen MR) is 103 cm³/mol. The van der Waals surface area contributed by atoms with E-state index in [2.05, 4.69) is 25.5 Å². The minimum atomic E-state index is -0.483. The van der Waals surface area contributed by atoms with Crippen LogP contribution >= 0.6 is 11.8 Å². The Labute approximate surface area is 159 Å². The molecule has 0 aliphatic heterocycles. The molecular weight excluding hydrogens is 371 g/mol. The van der Waals surface area contributed by atoms with Gasteiger partial charge in [-0.05, 0) is 12.1 Å². The number of carbonyl (C=O) groups is 1. The van der Waals surface area contributed by atoms with Crippen LogP contribution in [0.3, 0.4) is 0 Å². The fourth-order valence-electron chi connectivity index (χ4n) is 2.24. The molecule has 0 fully saturated rings. The number of anilines is 3. The summed E-state index contributed by atoms with van der Waals surface area (Å²) in [7, 11) is 7.37. The van der Waals surface area contributed by atoms with Gasteiger partial charge in [0.25, 0.3) is 5.78 Å². The Morgan fingerprint density at radius 2 is 1.89 bits per heavy atom. The third-order valence-electron chi connectivity index (χ3n) is 3.50. The Bertz CT molecular complexity index is 974. The molecule has 0 radical (unpaired) electrons. The smallest absolute Gasteiger partial charge is 0.261 e. The van der Waals surface area contributed by atoms with Crippen molar-refractivity contribution in [2.45, 2.75) is 5.16 Å². The van der Waals surface area contributed by atoms with Crippen LogP contribution in [0, 0.1) is 5.82 Å². The van der Waals surface area contributed by atoms with Crippen molar-refractivity contribution in [1.82, 2.24) is 24.6 Å². The molecule has 0 aliphatic carbocycles. The molecule has 11 heteroatoms. The van der Waals surface area contributed by atoms with Gasteiger partial charge in [0, 0.05) is 28.2 Å². The molecule has 0 aliphatic rings. The first-order valence-corrected chi connectivity index (χ1v) is 9.00. The number of para-hydroxylation sites is 1. The highest BCUT2D eigenvalue weighted by Crippen LogP contribution is 2.23. The second kappa shape index (κ2) is 7.74. The van der Waals surface area contributed by atoms with E-state index in [1.807, 2.05) is 33.1 Å². The van der Waals surface area contributed by atoms with E-state index in [0.29, 0.717) is 22.8 Å². The van der Waals surface area contributed by atoms with Crippen LogP contribution in [0.5, 0.6) is 0 Å². The van der Waals surface area contributed by atoms with Crippen LogP contribution in [0.15, 0.2) is 29.4 Å². The summed E-state index contributed by atoms with van der Waals surface area (Å²) in [6.07, 6.45) is 0. The number of halogens is 1. The number of carbonyl (C=O) groups excluding carboxylic acids is 1. The Morgan fingerprint density at radius 1 is 1.15 bits per heavy atom. The Hall–Kier alpha value is -2.95. The van der Waals surface area contributed by atoms with Gasteiger partial charge in [-0.25, -0.2) is 8.79 Å². The first-order valence-electron chi connectivity index (χ1n) is 8.02. The lowest BCUT2D eigenvalue weighted by Gasteiger charge is -2.17. The van der Waals surface area contributed by atoms with E-state index in [1.165, 1.54) is 23.9 Å². The fraction of sp³-hybridized carbons (Fsp3) is 0.312. The molecule has 0 saturated heterocycles. The highest BCUT2D eigenvalue weighted by atomic mass is 32.2. The van der Waals surface area contributed by atoms with Gasteiger partial charge in [0.05, 0.1) is 11.4 Å². The van der Waals surface area contributed by atoms with Gasteiger partial charge >= 0.3 is 0 Å². The summed E-state index contributed by atoms with van der Waals surface area (Å²) in [5.41, 5.74) is 0.141. The molecule has 0 atom stereocenters. The third kappa shape index (κ3) is 4.08. The van der Waals surface area contributed by atoms with Crippen LogP contribution < -0.4 is 15.1 Å². The molecule has 3 aromatic rings. The van der Waals surface area contributed by atoms with E-state index in [9.17, 15) is 9.18 Å². The van der Waals surface area contributed by atoms with E-state index < -0.39 is 5.82 Å². The lowest BCUT2D eigenvalue weighted by molar-refractivity contribution is -0.113. The van der Waals surface area contributed by atoms with Crippen LogP contribution in [0.4, 0.5) is 22.0 Å². The summed E-state index contributed by atoms with van der Waals surface area (Å²) in [5, 5.41) is 11.2. The van der Waals surface area contributed by atoms with Crippen molar-refractivity contribution in [3.8, 4) is 0 Å². The largest absolute Gasteiger partial charge is 0.348 e. The number of aromatic nitrogens is 5. The number of rotatable bonds is 6. The summed E-state index contributed by atoms with van der Waals surface area (Å²) in [6, 6.07) is 6.01. The number of hydrogen-bond acceptors (Lipinski definition) is 8. The summed E-state index contributed by atoms with van der Waals surface area (Å²) >= 11 is 1.17. The van der Waals surface area contributed by atoms with Gasteiger partial charge in [-0.15, -0.1) is 10.2 Å². The van der Waals surface area contributed by atoms with Gasteiger partial charge in [0.2, 0.25) is 17.8 Å². The Morgan fingerprint density at radius 3 is 2.56 bits per heavy atom. The Kier molecular flexibility index (Phi) is 5.40. The zero-order valence-electron chi connectivity index (χ0n) is 15.3. The standard InChI is InChI=1S/C16H19FN8OS/c1-23(2)13-19-14-21-22-16(25(14)15(20-13)24(3)4)27-9-12(26)18-11-8-6-5-7-10(11)17/h5-8H,9H2,1-4H3,(H,18,26). The molecule has 0 unspecified atom stereocenters. The molecule has 2 heterocycles. The molecule has 9 nitrogen and oxygen atoms in total. The van der Waals surface area contributed by atoms with Crippen molar-refractivity contribution in [3.63, 3.8) is 0 Å². The van der Waals surface area contributed by atoms with Gasteiger partial charge in [-0.3, -0.25) is 4.79 Å². The van der Waals surface area contributed by atoms with E-state index in [0.717, 1.165) is 0 Å². The van der Waals surface area contributed by atoms with Gasteiger partial charge in [0.1, 0.15) is 5.82 Å². The minimum absolute atomic E-state index is 0.0391. The number of nitrogens with zero attached hydrogens (tertiary/aromatic N) is 7. The summed E-state index contributed by atoms with van der Waals surface area (Å²) in [4.78, 5) is 24.6. The molecular formula is C16H19FN8OS. The SMILES string of the molecule is CN(C)c1nc(N(C)C)n2c(SCC(=O)Nc3ccccc3F)nnc2n1. The maximum atomic E-state index is 13.6. The molecule has 0 saturated carbocycles. The second-order valence-electron chi connectivity index (χ2n) is 6.05. The monoisotopic (exact) mass is 390 g/mol. The van der Waals surface area contributed by atoms with Gasteiger partial charge in [-0.2, -0.15) is 9.97 Å². The zero-order valence-corrected chi connectivity index (χ0v) is 16.2. The number of nitrogens with one attached hydrogen (secondary N) is 1. The lowest BCUT2D eigenvalue weighted by Crippen LogP contribution is -2.21. The van der Waals surface area contributed by atoms with Crippen molar-refractivity contribution in [1.29, 1.82) is 0 Å². The van der Waals surface area contributed by atoms with Crippen molar-refractivity contribution >= 4 is 41.0 Å². The number of benzene rings is 1. The van der Waals surface area contributed by atoms with Crippen molar-refractivity contribution < 1.29 is 9.18 Å². The van der Waals surface area contributed by atoms with Gasteiger partial charge in [-0.1, -0.05) is 23.9 Å². The summed E-state index contributed by atoms with van der Waals surface area (Å²) in [5.74, 6) is 0.687. The van der Waals surface area contributed by atoms with Crippen LogP contribution in [0.2, 0.25) is 0 Å². The van der Waals surface area contributed by atoms with Crippen molar-refractivity contribution in [2.24, 2.45) is 0 Å². The molecule has 1 amide bonds. The van der Waals surface area contributed by atoms with Crippen LogP contribution in [-0.2, 0) is 4.79 Å². The van der Waals surface area contributed by atoms with Crippen LogP contribution in [0.25, 0.3) is 5.78 Å². The molecule has 3 rings (SSSR count). The maximum Gasteiger partial charge on any atom is 0.261 e. The normalized spacial score (nSPS) is 10.9. The number of amides is 1. The average Bonchev–Trinajstić information content (AvgIpc) is 3.04. The molecule has 0 spiro atoms. The van der Waals surface area contributed by atoms with Gasteiger partial charge < -0.3 is 15.1 Å². The first kappa shape index (κ1) is 18.8. The molecule has 1 aromatic carbocycles. The summed E-state index contributed by atoms with van der Waals surface area (Å²) in [6.45, 7) is 0. The van der Waals surface area contributed by atoms with Crippen molar-refractivity contribution in [2.75, 3.05) is 49.1 Å². The fourth-order valence-corrected chi connectivity index (χ4v) is 2.96. The maximum absolute atomic E-state index is 13.6.